The molecule has 4 nitrogen and oxygen atoms in total. The fourth-order valence-electron chi connectivity index (χ4n) is 5.95. The summed E-state index contributed by atoms with van der Waals surface area (Å²) < 4.78 is 5.36. The monoisotopic (exact) mass is 544 g/mol. The van der Waals surface area contributed by atoms with E-state index in [2.05, 4.69) is 125 Å². The summed E-state index contributed by atoms with van der Waals surface area (Å²) in [5.74, 6) is -0.433. The van der Waals surface area contributed by atoms with Crippen molar-refractivity contribution in [2.75, 3.05) is 6.61 Å². The first-order valence-corrected chi connectivity index (χ1v) is 14.1. The van der Waals surface area contributed by atoms with Crippen molar-refractivity contribution in [1.29, 1.82) is 0 Å². The molecule has 0 atom stereocenters. The molecular formula is C38H28N2O2. The lowest BCUT2D eigenvalue weighted by atomic mass is 9.78. The summed E-state index contributed by atoms with van der Waals surface area (Å²) in [6.45, 7) is 2.09. The highest BCUT2D eigenvalue weighted by molar-refractivity contribution is 6.21. The maximum atomic E-state index is 12.9. The summed E-state index contributed by atoms with van der Waals surface area (Å²) in [5, 5.41) is 10.4. The number of benzene rings is 6. The Morgan fingerprint density at radius 3 is 1.40 bits per heavy atom. The van der Waals surface area contributed by atoms with Gasteiger partial charge >= 0.3 is 5.97 Å². The first-order chi connectivity index (χ1) is 20.7. The minimum atomic E-state index is -0.433. The van der Waals surface area contributed by atoms with Crippen molar-refractivity contribution >= 4 is 27.6 Å². The van der Waals surface area contributed by atoms with E-state index in [-0.39, 0.29) is 6.61 Å². The highest BCUT2D eigenvalue weighted by Crippen LogP contribution is 2.51. The van der Waals surface area contributed by atoms with Crippen LogP contribution in [0, 0.1) is 0 Å². The Bertz CT molecular complexity index is 2030. The number of hydrogen-bond acceptors (Lipinski definition) is 3. The molecule has 0 saturated carbocycles. The molecule has 0 saturated heterocycles. The Kier molecular flexibility index (Phi) is 6.57. The lowest BCUT2D eigenvalue weighted by Gasteiger charge is -2.24. The molecule has 1 N–H and O–H groups in total. The van der Waals surface area contributed by atoms with Gasteiger partial charge in [0.25, 0.3) is 0 Å². The third-order valence-electron chi connectivity index (χ3n) is 7.71. The molecule has 0 aliphatic heterocycles. The van der Waals surface area contributed by atoms with E-state index < -0.39 is 5.97 Å². The zero-order valence-corrected chi connectivity index (χ0v) is 23.2. The zero-order valence-electron chi connectivity index (χ0n) is 23.2. The molecule has 0 amide bonds. The maximum absolute atomic E-state index is 12.9. The number of nitrogens with zero attached hydrogens (tertiary/aromatic N) is 1. The van der Waals surface area contributed by atoms with E-state index in [1.807, 2.05) is 18.2 Å². The molecule has 6 aromatic carbocycles. The number of H-pyrrole nitrogens is 1. The van der Waals surface area contributed by atoms with Crippen molar-refractivity contribution in [2.24, 2.45) is 0 Å². The van der Waals surface area contributed by atoms with Crippen LogP contribution >= 0.6 is 0 Å². The normalized spacial score (nSPS) is 11.2. The Morgan fingerprint density at radius 2 is 0.976 bits per heavy atom. The van der Waals surface area contributed by atoms with Gasteiger partial charge in [-0.3, -0.25) is 5.10 Å². The summed E-state index contributed by atoms with van der Waals surface area (Å²) in [4.78, 5) is 12.9. The largest absolute Gasteiger partial charge is 0.461 e. The second-order valence-electron chi connectivity index (χ2n) is 10.2. The van der Waals surface area contributed by atoms with Crippen LogP contribution in [-0.4, -0.2) is 22.8 Å². The van der Waals surface area contributed by atoms with Crippen LogP contribution in [0.25, 0.3) is 66.2 Å². The van der Waals surface area contributed by atoms with Crippen molar-refractivity contribution < 1.29 is 9.53 Å². The van der Waals surface area contributed by atoms with Crippen LogP contribution in [-0.2, 0) is 4.74 Å². The van der Waals surface area contributed by atoms with Crippen LogP contribution in [0.2, 0.25) is 0 Å². The molecule has 202 valence electrons. The molecule has 42 heavy (non-hydrogen) atoms. The highest BCUT2D eigenvalue weighted by Gasteiger charge is 2.25. The van der Waals surface area contributed by atoms with Crippen molar-refractivity contribution in [1.82, 2.24) is 10.2 Å². The number of carbonyl (C=O) groups is 1. The van der Waals surface area contributed by atoms with Gasteiger partial charge in [-0.15, -0.1) is 0 Å². The van der Waals surface area contributed by atoms with Crippen molar-refractivity contribution in [3.8, 4) is 44.5 Å². The molecule has 0 bridgehead atoms. The summed E-state index contributed by atoms with van der Waals surface area (Å²) in [7, 11) is 0. The van der Waals surface area contributed by atoms with Gasteiger partial charge in [-0.25, -0.2) is 4.79 Å². The number of carbonyl (C=O) groups excluding carboxylic acids is 1. The van der Waals surface area contributed by atoms with E-state index in [1.54, 1.807) is 6.92 Å². The van der Waals surface area contributed by atoms with E-state index in [4.69, 9.17) is 4.74 Å². The average Bonchev–Trinajstić information content (AvgIpc) is 3.47. The van der Waals surface area contributed by atoms with Gasteiger partial charge in [0.05, 0.1) is 12.1 Å². The Labute approximate surface area is 244 Å². The van der Waals surface area contributed by atoms with Crippen LogP contribution in [0.1, 0.15) is 17.4 Å². The van der Waals surface area contributed by atoms with Crippen molar-refractivity contribution in [3.05, 3.63) is 139 Å². The van der Waals surface area contributed by atoms with Crippen LogP contribution in [0.3, 0.4) is 0 Å². The molecule has 7 aromatic rings. The molecule has 0 aliphatic carbocycles. The molecule has 4 heteroatoms. The number of esters is 1. The van der Waals surface area contributed by atoms with Gasteiger partial charge in [0, 0.05) is 5.39 Å². The number of aromatic nitrogens is 2. The van der Waals surface area contributed by atoms with Crippen LogP contribution in [0.4, 0.5) is 0 Å². The molecule has 0 spiro atoms. The number of hydrogen-bond donors (Lipinski definition) is 1. The smallest absolute Gasteiger partial charge is 0.359 e. The number of fused-ring (bicyclic) bond motifs is 2. The van der Waals surface area contributed by atoms with Gasteiger partial charge in [-0.1, -0.05) is 121 Å². The van der Waals surface area contributed by atoms with Gasteiger partial charge in [0.2, 0.25) is 0 Å². The maximum Gasteiger partial charge on any atom is 0.359 e. The number of aromatic amines is 1. The van der Waals surface area contributed by atoms with Gasteiger partial charge in [-0.2, -0.15) is 5.10 Å². The highest BCUT2D eigenvalue weighted by atomic mass is 16.5. The SMILES string of the molecule is CCOC(=O)c1n[nH]c2cc3c(-c4ccccc4)c(-c4ccccc4)c(-c4ccccc4)c(-c4ccccc4)c3cc12. The number of rotatable bonds is 6. The van der Waals surface area contributed by atoms with Crippen LogP contribution in [0.5, 0.6) is 0 Å². The van der Waals surface area contributed by atoms with Gasteiger partial charge in [-0.05, 0) is 74.3 Å². The zero-order chi connectivity index (χ0) is 28.5. The molecule has 7 rings (SSSR count). The van der Waals surface area contributed by atoms with Crippen molar-refractivity contribution in [3.63, 3.8) is 0 Å². The summed E-state index contributed by atoms with van der Waals surface area (Å²) >= 11 is 0. The fourth-order valence-corrected chi connectivity index (χ4v) is 5.95. The topological polar surface area (TPSA) is 55.0 Å². The predicted molar refractivity (Wildman–Crippen MR) is 171 cm³/mol. The third-order valence-corrected chi connectivity index (χ3v) is 7.71. The van der Waals surface area contributed by atoms with Crippen molar-refractivity contribution in [2.45, 2.75) is 6.92 Å². The summed E-state index contributed by atoms with van der Waals surface area (Å²) in [5.41, 5.74) is 10.1. The van der Waals surface area contributed by atoms with E-state index in [0.717, 1.165) is 66.2 Å². The average molecular weight is 545 g/mol. The van der Waals surface area contributed by atoms with Crippen LogP contribution < -0.4 is 0 Å². The number of ether oxygens (including phenoxy) is 1. The lowest BCUT2D eigenvalue weighted by molar-refractivity contribution is 0.0521. The molecule has 0 aliphatic rings. The van der Waals surface area contributed by atoms with E-state index in [0.29, 0.717) is 5.69 Å². The first kappa shape index (κ1) is 25.5. The summed E-state index contributed by atoms with van der Waals surface area (Å²) in [6, 6.07) is 46.5. The Hall–Kier alpha value is -5.48. The van der Waals surface area contributed by atoms with E-state index in [9.17, 15) is 4.79 Å². The minimum absolute atomic E-state index is 0.285. The second kappa shape index (κ2) is 10.8. The van der Waals surface area contributed by atoms with Gasteiger partial charge in [0.1, 0.15) is 0 Å². The van der Waals surface area contributed by atoms with E-state index >= 15 is 0 Å². The Balaban J connectivity index is 1.75. The van der Waals surface area contributed by atoms with Gasteiger partial charge in [0.15, 0.2) is 5.69 Å². The minimum Gasteiger partial charge on any atom is -0.461 e. The first-order valence-electron chi connectivity index (χ1n) is 14.1. The fraction of sp³-hybridized carbons (Fsp3) is 0.0526. The third kappa shape index (κ3) is 4.34. The molecule has 0 radical (unpaired) electrons. The predicted octanol–water partition coefficient (Wildman–Crippen LogP) is 9.56. The molecule has 1 heterocycles. The number of nitrogens with one attached hydrogen (secondary N) is 1. The van der Waals surface area contributed by atoms with E-state index in [1.165, 1.54) is 0 Å². The standard InChI is InChI=1S/C38H28N2O2/c1-2-42-38(41)37-31-23-29-30(24-32(31)39-40-37)34(26-17-9-4-10-18-26)36(28-21-13-6-14-22-28)35(27-19-11-5-12-20-27)33(29)25-15-7-3-8-16-25/h3-24H,2H2,1H3,(H,39,40). The quantitative estimate of drug-likeness (QED) is 0.212. The molecule has 0 fully saturated rings. The summed E-state index contributed by atoms with van der Waals surface area (Å²) in [6.07, 6.45) is 0. The molecule has 0 unspecified atom stereocenters. The second-order valence-corrected chi connectivity index (χ2v) is 10.2. The Morgan fingerprint density at radius 1 is 0.571 bits per heavy atom. The molecule has 1 aromatic heterocycles. The lowest BCUT2D eigenvalue weighted by Crippen LogP contribution is -2.05. The van der Waals surface area contributed by atoms with Crippen LogP contribution in [0.15, 0.2) is 133 Å². The molecular weight excluding hydrogens is 516 g/mol. The van der Waals surface area contributed by atoms with Gasteiger partial charge < -0.3 is 4.74 Å².